The van der Waals surface area contributed by atoms with Crippen LogP contribution >= 0.6 is 0 Å². The fourth-order valence-electron chi connectivity index (χ4n) is 3.04. The first-order valence-electron chi connectivity index (χ1n) is 7.31. The van der Waals surface area contributed by atoms with Crippen molar-refractivity contribution in [2.24, 2.45) is 0 Å². The van der Waals surface area contributed by atoms with Gasteiger partial charge in [0.2, 0.25) is 0 Å². The van der Waals surface area contributed by atoms with Gasteiger partial charge >= 0.3 is 5.97 Å². The number of rotatable bonds is 4. The number of ether oxygens (including phenoxy) is 1. The molecule has 1 aliphatic heterocycles. The summed E-state index contributed by atoms with van der Waals surface area (Å²) in [5.41, 5.74) is 4.44. The molecule has 2 N–H and O–H groups in total. The van der Waals surface area contributed by atoms with E-state index in [-0.39, 0.29) is 6.42 Å². The molecular formula is C16H20N2O3. The number of aromatic nitrogens is 1. The Bertz CT molecular complexity index is 657. The van der Waals surface area contributed by atoms with Crippen molar-refractivity contribution in [3.8, 4) is 0 Å². The number of carboxylic acid groups (broad SMARTS) is 1. The monoisotopic (exact) mass is 288 g/mol. The summed E-state index contributed by atoms with van der Waals surface area (Å²) in [4.78, 5) is 16.6. The van der Waals surface area contributed by atoms with Crippen LogP contribution in [-0.4, -0.2) is 42.4 Å². The molecule has 0 radical (unpaired) electrons. The van der Waals surface area contributed by atoms with E-state index in [4.69, 9.17) is 9.84 Å². The number of nitrogens with zero attached hydrogens (tertiary/aromatic N) is 1. The highest BCUT2D eigenvalue weighted by molar-refractivity contribution is 5.96. The summed E-state index contributed by atoms with van der Waals surface area (Å²) in [7, 11) is 0. The lowest BCUT2D eigenvalue weighted by Gasteiger charge is -2.29. The summed E-state index contributed by atoms with van der Waals surface area (Å²) in [6, 6.07) is 6.21. The smallest absolute Gasteiger partial charge is 0.303 e. The largest absolute Gasteiger partial charge is 0.481 e. The number of aromatic amines is 1. The van der Waals surface area contributed by atoms with E-state index in [2.05, 4.69) is 22.0 Å². The molecule has 0 unspecified atom stereocenters. The lowest BCUT2D eigenvalue weighted by atomic mass is 10.0. The minimum Gasteiger partial charge on any atom is -0.481 e. The van der Waals surface area contributed by atoms with Crippen molar-refractivity contribution in [1.29, 1.82) is 0 Å². The fraction of sp³-hybridized carbons (Fsp3) is 0.438. The van der Waals surface area contributed by atoms with Crippen molar-refractivity contribution in [1.82, 2.24) is 4.98 Å². The predicted molar refractivity (Wildman–Crippen MR) is 82.0 cm³/mol. The summed E-state index contributed by atoms with van der Waals surface area (Å²) in [6.45, 7) is 5.25. The molecule has 0 bridgehead atoms. The van der Waals surface area contributed by atoms with Crippen LogP contribution in [0.1, 0.15) is 17.7 Å². The minimum atomic E-state index is -0.757. The van der Waals surface area contributed by atoms with Crippen LogP contribution in [0.2, 0.25) is 0 Å². The van der Waals surface area contributed by atoms with Crippen LogP contribution in [-0.2, 0) is 16.0 Å². The molecule has 0 amide bonds. The van der Waals surface area contributed by atoms with Gasteiger partial charge in [-0.25, -0.2) is 0 Å². The zero-order valence-electron chi connectivity index (χ0n) is 12.2. The summed E-state index contributed by atoms with van der Waals surface area (Å²) in [6.07, 6.45) is 0.716. The maximum absolute atomic E-state index is 10.9. The summed E-state index contributed by atoms with van der Waals surface area (Å²) in [5.74, 6) is -0.757. The number of hydrogen-bond donors (Lipinski definition) is 2. The van der Waals surface area contributed by atoms with Crippen molar-refractivity contribution in [2.75, 3.05) is 31.2 Å². The first-order chi connectivity index (χ1) is 10.2. The van der Waals surface area contributed by atoms with E-state index in [0.29, 0.717) is 6.42 Å². The van der Waals surface area contributed by atoms with Gasteiger partial charge in [0.15, 0.2) is 0 Å². The number of anilines is 1. The van der Waals surface area contributed by atoms with E-state index in [0.717, 1.165) is 48.5 Å². The molecule has 2 aromatic rings. The highest BCUT2D eigenvalue weighted by atomic mass is 16.5. The van der Waals surface area contributed by atoms with E-state index >= 15 is 0 Å². The molecule has 0 spiro atoms. The Labute approximate surface area is 123 Å². The van der Waals surface area contributed by atoms with Crippen LogP contribution in [0.25, 0.3) is 10.9 Å². The van der Waals surface area contributed by atoms with Gasteiger partial charge in [-0.2, -0.15) is 0 Å². The quantitative estimate of drug-likeness (QED) is 0.906. The Morgan fingerprint density at radius 1 is 1.38 bits per heavy atom. The van der Waals surface area contributed by atoms with Gasteiger partial charge in [-0.15, -0.1) is 0 Å². The number of aryl methyl sites for hydroxylation is 2. The van der Waals surface area contributed by atoms with Crippen LogP contribution in [0, 0.1) is 6.92 Å². The normalized spacial score (nSPS) is 15.6. The molecule has 5 heteroatoms. The molecule has 0 aliphatic carbocycles. The number of morpholine rings is 1. The Kier molecular flexibility index (Phi) is 3.84. The van der Waals surface area contributed by atoms with Gasteiger partial charge in [0.1, 0.15) is 0 Å². The zero-order chi connectivity index (χ0) is 14.8. The van der Waals surface area contributed by atoms with Gasteiger partial charge in [-0.05, 0) is 31.0 Å². The molecule has 1 aromatic carbocycles. The fourth-order valence-corrected chi connectivity index (χ4v) is 3.04. The average Bonchev–Trinajstić information content (AvgIpc) is 2.81. The molecule has 1 aliphatic rings. The van der Waals surface area contributed by atoms with Gasteiger partial charge < -0.3 is 19.7 Å². The van der Waals surface area contributed by atoms with Gasteiger partial charge in [0, 0.05) is 41.8 Å². The van der Waals surface area contributed by atoms with Crippen molar-refractivity contribution >= 4 is 22.6 Å². The Morgan fingerprint density at radius 3 is 2.86 bits per heavy atom. The van der Waals surface area contributed by atoms with E-state index in [1.54, 1.807) is 0 Å². The first-order valence-corrected chi connectivity index (χ1v) is 7.31. The van der Waals surface area contributed by atoms with Gasteiger partial charge in [0.25, 0.3) is 0 Å². The SMILES string of the molecule is Cc1[nH]c2cccc(N3CCOCC3)c2c1CCC(=O)O. The summed E-state index contributed by atoms with van der Waals surface area (Å²) < 4.78 is 5.42. The lowest BCUT2D eigenvalue weighted by Crippen LogP contribution is -2.36. The lowest BCUT2D eigenvalue weighted by molar-refractivity contribution is -0.136. The number of aliphatic carboxylic acids is 1. The van der Waals surface area contributed by atoms with E-state index in [1.807, 2.05) is 13.0 Å². The number of carboxylic acids is 1. The number of hydrogen-bond acceptors (Lipinski definition) is 3. The molecule has 112 valence electrons. The zero-order valence-corrected chi connectivity index (χ0v) is 12.2. The number of fused-ring (bicyclic) bond motifs is 1. The average molecular weight is 288 g/mol. The second-order valence-electron chi connectivity index (χ2n) is 5.42. The van der Waals surface area contributed by atoms with Crippen LogP contribution in [0.15, 0.2) is 18.2 Å². The maximum Gasteiger partial charge on any atom is 0.303 e. The topological polar surface area (TPSA) is 65.6 Å². The van der Waals surface area contributed by atoms with E-state index in [9.17, 15) is 4.79 Å². The highest BCUT2D eigenvalue weighted by Crippen LogP contribution is 2.33. The Morgan fingerprint density at radius 2 is 2.14 bits per heavy atom. The van der Waals surface area contributed by atoms with Crippen LogP contribution in [0.5, 0.6) is 0 Å². The van der Waals surface area contributed by atoms with Gasteiger partial charge in [-0.3, -0.25) is 4.79 Å². The van der Waals surface area contributed by atoms with Gasteiger partial charge in [-0.1, -0.05) is 6.07 Å². The number of H-pyrrole nitrogens is 1. The Balaban J connectivity index is 2.04. The number of carbonyl (C=O) groups is 1. The molecule has 5 nitrogen and oxygen atoms in total. The van der Waals surface area contributed by atoms with Crippen molar-refractivity contribution in [3.05, 3.63) is 29.5 Å². The predicted octanol–water partition coefficient (Wildman–Crippen LogP) is 2.33. The third kappa shape index (κ3) is 2.74. The van der Waals surface area contributed by atoms with Crippen molar-refractivity contribution in [3.63, 3.8) is 0 Å². The third-order valence-electron chi connectivity index (χ3n) is 4.06. The molecular weight excluding hydrogens is 268 g/mol. The van der Waals surface area contributed by atoms with Crippen LogP contribution in [0.3, 0.4) is 0 Å². The molecule has 3 rings (SSSR count). The molecule has 21 heavy (non-hydrogen) atoms. The molecule has 0 atom stereocenters. The second kappa shape index (κ2) is 5.77. The maximum atomic E-state index is 10.9. The molecule has 1 fully saturated rings. The number of benzene rings is 1. The summed E-state index contributed by atoms with van der Waals surface area (Å²) in [5, 5.41) is 10.1. The van der Waals surface area contributed by atoms with E-state index < -0.39 is 5.97 Å². The second-order valence-corrected chi connectivity index (χ2v) is 5.42. The first kappa shape index (κ1) is 13.9. The minimum absolute atomic E-state index is 0.158. The third-order valence-corrected chi connectivity index (χ3v) is 4.06. The Hall–Kier alpha value is -2.01. The van der Waals surface area contributed by atoms with Crippen molar-refractivity contribution in [2.45, 2.75) is 19.8 Å². The molecule has 1 aromatic heterocycles. The molecule has 0 saturated carbocycles. The van der Waals surface area contributed by atoms with Crippen molar-refractivity contribution < 1.29 is 14.6 Å². The van der Waals surface area contributed by atoms with E-state index in [1.165, 1.54) is 5.69 Å². The summed E-state index contributed by atoms with van der Waals surface area (Å²) >= 11 is 0. The van der Waals surface area contributed by atoms with Crippen LogP contribution in [0.4, 0.5) is 5.69 Å². The number of nitrogens with one attached hydrogen (secondary N) is 1. The van der Waals surface area contributed by atoms with Gasteiger partial charge in [0.05, 0.1) is 13.2 Å². The molecule has 2 heterocycles. The molecule has 1 saturated heterocycles. The standard InChI is InChI=1S/C16H20N2O3/c1-11-12(5-6-15(19)20)16-13(17-11)3-2-4-14(16)18-7-9-21-10-8-18/h2-4,17H,5-10H2,1H3,(H,19,20). The van der Waals surface area contributed by atoms with Crippen LogP contribution < -0.4 is 4.90 Å². The highest BCUT2D eigenvalue weighted by Gasteiger charge is 2.18.